The number of hydrogen-bond donors (Lipinski definition) is 0. The lowest BCUT2D eigenvalue weighted by Crippen LogP contribution is -2.34. The van der Waals surface area contributed by atoms with Gasteiger partial charge in [-0.1, -0.05) is 22.0 Å². The van der Waals surface area contributed by atoms with Gasteiger partial charge in [0.15, 0.2) is 0 Å². The van der Waals surface area contributed by atoms with E-state index in [1.165, 1.54) is 0 Å². The Morgan fingerprint density at radius 2 is 1.94 bits per heavy atom. The van der Waals surface area contributed by atoms with Gasteiger partial charge in [0, 0.05) is 24.1 Å². The van der Waals surface area contributed by atoms with Crippen LogP contribution in [0.25, 0.3) is 0 Å². The molecule has 0 N–H and O–H groups in total. The molecule has 4 nitrogen and oxygen atoms in total. The maximum absolute atomic E-state index is 12.5. The lowest BCUT2D eigenvalue weighted by atomic mass is 10.4. The molecule has 18 heavy (non-hydrogen) atoms. The van der Waals surface area contributed by atoms with Gasteiger partial charge in [-0.3, -0.25) is 0 Å². The minimum Gasteiger partial charge on any atom is -0.305 e. The fourth-order valence-electron chi connectivity index (χ4n) is 2.04. The fraction of sp³-hybridized carbons (Fsp3) is 0.500. The smallest absolute Gasteiger partial charge is 0.243 e. The summed E-state index contributed by atoms with van der Waals surface area (Å²) in [6, 6.07) is 6.88. The van der Waals surface area contributed by atoms with Crippen molar-refractivity contribution in [2.75, 3.05) is 33.2 Å². The van der Waals surface area contributed by atoms with Crippen LogP contribution in [0.1, 0.15) is 6.42 Å². The average Bonchev–Trinajstić information content (AvgIpc) is 2.54. The van der Waals surface area contributed by atoms with Crippen molar-refractivity contribution in [2.45, 2.75) is 11.3 Å². The molecule has 0 amide bonds. The lowest BCUT2D eigenvalue weighted by molar-refractivity contribution is 0.347. The summed E-state index contributed by atoms with van der Waals surface area (Å²) in [6.07, 6.45) is 0.879. The van der Waals surface area contributed by atoms with E-state index in [0.717, 1.165) is 24.0 Å². The molecule has 0 atom stereocenters. The first-order valence-electron chi connectivity index (χ1n) is 5.94. The molecule has 1 aromatic carbocycles. The Kier molecular flexibility index (Phi) is 4.42. The summed E-state index contributed by atoms with van der Waals surface area (Å²) in [6.45, 7) is 2.89. The Balaban J connectivity index is 2.25. The van der Waals surface area contributed by atoms with Gasteiger partial charge in [0.05, 0.1) is 4.90 Å². The van der Waals surface area contributed by atoms with E-state index >= 15 is 0 Å². The summed E-state index contributed by atoms with van der Waals surface area (Å²) >= 11 is 3.31. The maximum atomic E-state index is 12.5. The standard InChI is InChI=1S/C12H17BrN2O2S/c1-14-6-3-7-15(9-8-14)18(16,17)12-5-2-4-11(13)10-12/h2,4-5,10H,3,6-9H2,1H3. The van der Waals surface area contributed by atoms with Crippen LogP contribution >= 0.6 is 15.9 Å². The van der Waals surface area contributed by atoms with Crippen molar-refractivity contribution in [3.63, 3.8) is 0 Å². The number of halogens is 1. The molecule has 0 radical (unpaired) electrons. The Bertz CT molecular complexity index is 519. The predicted molar refractivity (Wildman–Crippen MR) is 75.0 cm³/mol. The van der Waals surface area contributed by atoms with Gasteiger partial charge in [0.1, 0.15) is 0 Å². The number of benzene rings is 1. The number of likely N-dealkylation sites (N-methyl/N-ethyl adjacent to an activating group) is 1. The van der Waals surface area contributed by atoms with Crippen molar-refractivity contribution >= 4 is 26.0 Å². The third-order valence-electron chi connectivity index (χ3n) is 3.11. The van der Waals surface area contributed by atoms with Crippen molar-refractivity contribution in [1.29, 1.82) is 0 Å². The van der Waals surface area contributed by atoms with Crippen LogP contribution in [0.3, 0.4) is 0 Å². The summed E-state index contributed by atoms with van der Waals surface area (Å²) in [5.41, 5.74) is 0. The Morgan fingerprint density at radius 3 is 2.67 bits per heavy atom. The molecule has 0 spiro atoms. The molecular formula is C12H17BrN2O2S. The second-order valence-electron chi connectivity index (χ2n) is 4.52. The third kappa shape index (κ3) is 3.12. The normalized spacial score (nSPS) is 19.7. The van der Waals surface area contributed by atoms with Crippen molar-refractivity contribution in [3.05, 3.63) is 28.7 Å². The van der Waals surface area contributed by atoms with Crippen molar-refractivity contribution < 1.29 is 8.42 Å². The Labute approximate surface area is 117 Å². The highest BCUT2D eigenvalue weighted by Gasteiger charge is 2.26. The van der Waals surface area contributed by atoms with E-state index in [0.29, 0.717) is 18.0 Å². The van der Waals surface area contributed by atoms with Gasteiger partial charge in [-0.15, -0.1) is 0 Å². The molecule has 0 aliphatic carbocycles. The molecule has 0 bridgehead atoms. The molecule has 100 valence electrons. The molecule has 6 heteroatoms. The predicted octanol–water partition coefficient (Wildman–Crippen LogP) is 1.78. The quantitative estimate of drug-likeness (QED) is 0.828. The third-order valence-corrected chi connectivity index (χ3v) is 5.50. The first kappa shape index (κ1) is 14.0. The minimum atomic E-state index is -3.35. The summed E-state index contributed by atoms with van der Waals surface area (Å²) in [7, 11) is -1.33. The van der Waals surface area contributed by atoms with E-state index in [1.807, 2.05) is 13.1 Å². The topological polar surface area (TPSA) is 40.6 Å². The van der Waals surface area contributed by atoms with Gasteiger partial charge in [-0.25, -0.2) is 8.42 Å². The molecule has 1 saturated heterocycles. The summed E-state index contributed by atoms with van der Waals surface area (Å²) in [5, 5.41) is 0. The maximum Gasteiger partial charge on any atom is 0.243 e. The number of hydrogen-bond acceptors (Lipinski definition) is 3. The minimum absolute atomic E-state index is 0.362. The Hall–Kier alpha value is -0.430. The van der Waals surface area contributed by atoms with Crippen molar-refractivity contribution in [1.82, 2.24) is 9.21 Å². The van der Waals surface area contributed by atoms with Crippen LogP contribution in [0.5, 0.6) is 0 Å². The second-order valence-corrected chi connectivity index (χ2v) is 7.37. The molecule has 1 aliphatic heterocycles. The van der Waals surface area contributed by atoms with Crippen LogP contribution in [0, 0.1) is 0 Å². The summed E-state index contributed by atoms with van der Waals surface area (Å²) < 4.78 is 27.3. The molecule has 1 aromatic rings. The van der Waals surface area contributed by atoms with Crippen LogP contribution in [0.4, 0.5) is 0 Å². The highest BCUT2D eigenvalue weighted by Crippen LogP contribution is 2.20. The zero-order valence-corrected chi connectivity index (χ0v) is 12.7. The monoisotopic (exact) mass is 332 g/mol. The van der Waals surface area contributed by atoms with Gasteiger partial charge in [-0.05, 0) is 38.2 Å². The zero-order chi connectivity index (χ0) is 13.2. The molecule has 1 fully saturated rings. The number of rotatable bonds is 2. The first-order chi connectivity index (χ1) is 8.50. The van der Waals surface area contributed by atoms with Gasteiger partial charge in [0.25, 0.3) is 0 Å². The van der Waals surface area contributed by atoms with E-state index < -0.39 is 10.0 Å². The van der Waals surface area contributed by atoms with Gasteiger partial charge in [0.2, 0.25) is 10.0 Å². The van der Waals surface area contributed by atoms with Crippen LogP contribution in [-0.4, -0.2) is 50.8 Å². The van der Waals surface area contributed by atoms with E-state index in [2.05, 4.69) is 20.8 Å². The fourth-order valence-corrected chi connectivity index (χ4v) is 4.11. The van der Waals surface area contributed by atoms with Crippen LogP contribution < -0.4 is 0 Å². The van der Waals surface area contributed by atoms with Crippen molar-refractivity contribution in [3.8, 4) is 0 Å². The molecule has 0 saturated carbocycles. The average molecular weight is 333 g/mol. The largest absolute Gasteiger partial charge is 0.305 e. The van der Waals surface area contributed by atoms with E-state index in [4.69, 9.17) is 0 Å². The molecule has 0 unspecified atom stereocenters. The van der Waals surface area contributed by atoms with Gasteiger partial charge in [-0.2, -0.15) is 4.31 Å². The molecule has 1 aliphatic rings. The lowest BCUT2D eigenvalue weighted by Gasteiger charge is -2.20. The van der Waals surface area contributed by atoms with Gasteiger partial charge >= 0.3 is 0 Å². The van der Waals surface area contributed by atoms with E-state index in [1.54, 1.807) is 22.5 Å². The van der Waals surface area contributed by atoms with Crippen LogP contribution in [0.2, 0.25) is 0 Å². The molecule has 2 rings (SSSR count). The van der Waals surface area contributed by atoms with E-state index in [9.17, 15) is 8.42 Å². The second kappa shape index (κ2) is 5.69. The highest BCUT2D eigenvalue weighted by atomic mass is 79.9. The zero-order valence-electron chi connectivity index (χ0n) is 10.3. The summed E-state index contributed by atoms with van der Waals surface area (Å²) in [4.78, 5) is 2.53. The molecule has 0 aromatic heterocycles. The van der Waals surface area contributed by atoms with Crippen LogP contribution in [0.15, 0.2) is 33.6 Å². The SMILES string of the molecule is CN1CCCN(S(=O)(=O)c2cccc(Br)c2)CC1. The number of sulfonamides is 1. The molecule has 1 heterocycles. The van der Waals surface area contributed by atoms with Crippen molar-refractivity contribution in [2.24, 2.45) is 0 Å². The van der Waals surface area contributed by atoms with Gasteiger partial charge < -0.3 is 4.90 Å². The highest BCUT2D eigenvalue weighted by molar-refractivity contribution is 9.10. The number of nitrogens with zero attached hydrogens (tertiary/aromatic N) is 2. The first-order valence-corrected chi connectivity index (χ1v) is 8.18. The van der Waals surface area contributed by atoms with E-state index in [-0.39, 0.29) is 0 Å². The Morgan fingerprint density at radius 1 is 1.17 bits per heavy atom. The summed E-state index contributed by atoms with van der Waals surface area (Å²) in [5.74, 6) is 0. The van der Waals surface area contributed by atoms with Crippen LogP contribution in [-0.2, 0) is 10.0 Å². The molecular weight excluding hydrogens is 316 g/mol.